The number of hydrogen-bond donors (Lipinski definition) is 2. The quantitative estimate of drug-likeness (QED) is 0.846. The Morgan fingerprint density at radius 2 is 2.17 bits per heavy atom. The van der Waals surface area contributed by atoms with Gasteiger partial charge in [-0.2, -0.15) is 0 Å². The van der Waals surface area contributed by atoms with Crippen molar-refractivity contribution in [1.82, 2.24) is 5.32 Å². The normalized spacial score (nSPS) is 15.2. The molecule has 3 N–H and O–H groups in total. The SMILES string of the molecule is C[C@H](NC(=O)C(CN)CC(C)(C)C)c1ccco1. The molecule has 1 rings (SSSR count). The van der Waals surface area contributed by atoms with Gasteiger partial charge in [-0.25, -0.2) is 0 Å². The van der Waals surface area contributed by atoms with Crippen LogP contribution in [0.2, 0.25) is 0 Å². The van der Waals surface area contributed by atoms with E-state index in [1.165, 1.54) is 0 Å². The second kappa shape index (κ2) is 6.05. The summed E-state index contributed by atoms with van der Waals surface area (Å²) in [6.07, 6.45) is 2.38. The van der Waals surface area contributed by atoms with Gasteiger partial charge in [0.2, 0.25) is 5.91 Å². The van der Waals surface area contributed by atoms with Gasteiger partial charge in [-0.15, -0.1) is 0 Å². The van der Waals surface area contributed by atoms with Crippen LogP contribution in [0.1, 0.15) is 45.9 Å². The van der Waals surface area contributed by atoms with E-state index in [1.54, 1.807) is 6.26 Å². The molecule has 0 radical (unpaired) electrons. The van der Waals surface area contributed by atoms with Crippen molar-refractivity contribution in [3.63, 3.8) is 0 Å². The molecule has 4 nitrogen and oxygen atoms in total. The minimum Gasteiger partial charge on any atom is -0.467 e. The summed E-state index contributed by atoms with van der Waals surface area (Å²) in [5, 5.41) is 2.94. The van der Waals surface area contributed by atoms with Crippen LogP contribution >= 0.6 is 0 Å². The van der Waals surface area contributed by atoms with Crippen molar-refractivity contribution in [1.29, 1.82) is 0 Å². The van der Waals surface area contributed by atoms with Crippen LogP contribution in [-0.2, 0) is 4.79 Å². The fourth-order valence-corrected chi connectivity index (χ4v) is 1.96. The molecular weight excluding hydrogens is 228 g/mol. The Morgan fingerprint density at radius 3 is 2.61 bits per heavy atom. The number of furan rings is 1. The Balaban J connectivity index is 2.57. The maximum atomic E-state index is 12.1. The highest BCUT2D eigenvalue weighted by atomic mass is 16.3. The Hall–Kier alpha value is -1.29. The molecule has 1 unspecified atom stereocenters. The maximum Gasteiger partial charge on any atom is 0.224 e. The third kappa shape index (κ3) is 4.53. The lowest BCUT2D eigenvalue weighted by atomic mass is 9.84. The van der Waals surface area contributed by atoms with Gasteiger partial charge in [0.25, 0.3) is 0 Å². The summed E-state index contributed by atoms with van der Waals surface area (Å²) in [7, 11) is 0. The van der Waals surface area contributed by atoms with Gasteiger partial charge in [-0.1, -0.05) is 20.8 Å². The van der Waals surface area contributed by atoms with Gasteiger partial charge in [0, 0.05) is 6.54 Å². The number of nitrogens with two attached hydrogens (primary N) is 1. The molecule has 1 heterocycles. The van der Waals surface area contributed by atoms with E-state index in [0.29, 0.717) is 6.54 Å². The summed E-state index contributed by atoms with van der Waals surface area (Å²) in [5.74, 6) is 0.605. The zero-order valence-electron chi connectivity index (χ0n) is 11.7. The maximum absolute atomic E-state index is 12.1. The molecule has 0 aromatic carbocycles. The zero-order chi connectivity index (χ0) is 13.8. The molecule has 4 heteroatoms. The second-order valence-corrected chi connectivity index (χ2v) is 5.94. The molecule has 1 aromatic heterocycles. The van der Waals surface area contributed by atoms with Gasteiger partial charge in [0.1, 0.15) is 5.76 Å². The third-order valence-electron chi connectivity index (χ3n) is 2.84. The minimum absolute atomic E-state index is 0.00340. The van der Waals surface area contributed by atoms with Gasteiger partial charge in [-0.3, -0.25) is 4.79 Å². The molecule has 0 bridgehead atoms. The molecule has 2 atom stereocenters. The van der Waals surface area contributed by atoms with Crippen molar-refractivity contribution < 1.29 is 9.21 Å². The summed E-state index contributed by atoms with van der Waals surface area (Å²) in [6, 6.07) is 3.54. The topological polar surface area (TPSA) is 68.3 Å². The zero-order valence-corrected chi connectivity index (χ0v) is 11.7. The monoisotopic (exact) mass is 252 g/mol. The predicted molar refractivity (Wildman–Crippen MR) is 71.9 cm³/mol. The molecule has 0 fully saturated rings. The molecule has 102 valence electrons. The van der Waals surface area contributed by atoms with E-state index in [4.69, 9.17) is 10.2 Å². The molecule has 1 aromatic rings. The molecule has 1 amide bonds. The van der Waals surface area contributed by atoms with Crippen molar-refractivity contribution in [2.75, 3.05) is 6.54 Å². The van der Waals surface area contributed by atoms with E-state index in [2.05, 4.69) is 26.1 Å². The Bertz CT molecular complexity index is 366. The highest BCUT2D eigenvalue weighted by Crippen LogP contribution is 2.24. The molecule has 0 spiro atoms. The lowest BCUT2D eigenvalue weighted by Gasteiger charge is -2.25. The van der Waals surface area contributed by atoms with E-state index in [0.717, 1.165) is 12.2 Å². The summed E-state index contributed by atoms with van der Waals surface area (Å²) in [5.41, 5.74) is 5.78. The molecular formula is C14H24N2O2. The first kappa shape index (κ1) is 14.8. The number of amides is 1. The van der Waals surface area contributed by atoms with Crippen molar-refractivity contribution in [3.8, 4) is 0 Å². The first-order chi connectivity index (χ1) is 8.33. The van der Waals surface area contributed by atoms with Crippen LogP contribution < -0.4 is 11.1 Å². The van der Waals surface area contributed by atoms with Gasteiger partial charge in [-0.05, 0) is 30.9 Å². The average molecular weight is 252 g/mol. The smallest absolute Gasteiger partial charge is 0.224 e. The van der Waals surface area contributed by atoms with Crippen molar-refractivity contribution in [2.45, 2.75) is 40.2 Å². The van der Waals surface area contributed by atoms with E-state index >= 15 is 0 Å². The van der Waals surface area contributed by atoms with Gasteiger partial charge in [0.15, 0.2) is 0 Å². The molecule has 0 aliphatic rings. The van der Waals surface area contributed by atoms with Crippen molar-refractivity contribution >= 4 is 5.91 Å². The summed E-state index contributed by atoms with van der Waals surface area (Å²) in [6.45, 7) is 8.60. The molecule has 0 aliphatic carbocycles. The number of nitrogens with one attached hydrogen (secondary N) is 1. The number of hydrogen-bond acceptors (Lipinski definition) is 3. The van der Waals surface area contributed by atoms with E-state index in [1.807, 2.05) is 19.1 Å². The second-order valence-electron chi connectivity index (χ2n) is 5.94. The molecule has 0 aliphatic heterocycles. The van der Waals surface area contributed by atoms with Crippen molar-refractivity contribution in [3.05, 3.63) is 24.2 Å². The summed E-state index contributed by atoms with van der Waals surface area (Å²) in [4.78, 5) is 12.1. The van der Waals surface area contributed by atoms with E-state index in [-0.39, 0.29) is 23.3 Å². The van der Waals surface area contributed by atoms with Crippen molar-refractivity contribution in [2.24, 2.45) is 17.1 Å². The lowest BCUT2D eigenvalue weighted by molar-refractivity contribution is -0.126. The number of rotatable bonds is 5. The standard InChI is InChI=1S/C14H24N2O2/c1-10(12-6-5-7-18-12)16-13(17)11(9-15)8-14(2,3)4/h5-7,10-11H,8-9,15H2,1-4H3,(H,16,17)/t10-,11?/m0/s1. The van der Waals surface area contributed by atoms with E-state index < -0.39 is 0 Å². The number of carbonyl (C=O) groups excluding carboxylic acids is 1. The van der Waals surface area contributed by atoms with Crippen LogP contribution in [0, 0.1) is 11.3 Å². The number of carbonyl (C=O) groups is 1. The Kier molecular flexibility index (Phi) is 4.96. The first-order valence-electron chi connectivity index (χ1n) is 6.37. The molecule has 18 heavy (non-hydrogen) atoms. The average Bonchev–Trinajstić information content (AvgIpc) is 2.77. The Morgan fingerprint density at radius 1 is 1.50 bits per heavy atom. The third-order valence-corrected chi connectivity index (χ3v) is 2.84. The fraction of sp³-hybridized carbons (Fsp3) is 0.643. The van der Waals surface area contributed by atoms with Gasteiger partial charge in [0.05, 0.1) is 18.2 Å². The fourth-order valence-electron chi connectivity index (χ4n) is 1.96. The minimum atomic E-state index is -0.151. The first-order valence-corrected chi connectivity index (χ1v) is 6.37. The largest absolute Gasteiger partial charge is 0.467 e. The summed E-state index contributed by atoms with van der Waals surface area (Å²) < 4.78 is 5.26. The van der Waals surface area contributed by atoms with Crippen LogP contribution in [0.25, 0.3) is 0 Å². The molecule has 0 saturated heterocycles. The highest BCUT2D eigenvalue weighted by Gasteiger charge is 2.25. The van der Waals surface area contributed by atoms with Crippen LogP contribution in [0.5, 0.6) is 0 Å². The lowest BCUT2D eigenvalue weighted by Crippen LogP contribution is -2.38. The predicted octanol–water partition coefficient (Wildman–Crippen LogP) is 2.47. The van der Waals surface area contributed by atoms with E-state index in [9.17, 15) is 4.79 Å². The highest BCUT2D eigenvalue weighted by molar-refractivity contribution is 5.79. The van der Waals surface area contributed by atoms with Crippen LogP contribution in [0.3, 0.4) is 0 Å². The van der Waals surface area contributed by atoms with Gasteiger partial charge < -0.3 is 15.5 Å². The molecule has 0 saturated carbocycles. The van der Waals surface area contributed by atoms with Crippen LogP contribution in [0.4, 0.5) is 0 Å². The van der Waals surface area contributed by atoms with Crippen LogP contribution in [0.15, 0.2) is 22.8 Å². The van der Waals surface area contributed by atoms with Gasteiger partial charge >= 0.3 is 0 Å². The van der Waals surface area contributed by atoms with Crippen LogP contribution in [-0.4, -0.2) is 12.5 Å². The Labute approximate surface area is 109 Å². The summed E-state index contributed by atoms with van der Waals surface area (Å²) >= 11 is 0.